The van der Waals surface area contributed by atoms with E-state index in [9.17, 15) is 9.47 Å². The van der Waals surface area contributed by atoms with Crippen LogP contribution < -0.4 is 9.46 Å². The second kappa shape index (κ2) is 9.12. The molecular formula is C22H26N4O2S. The Balaban J connectivity index is 2.04. The van der Waals surface area contributed by atoms with Crippen molar-refractivity contribution in [1.82, 2.24) is 9.47 Å². The predicted molar refractivity (Wildman–Crippen MR) is 120 cm³/mol. The Morgan fingerprint density at radius 1 is 1.21 bits per heavy atom. The molecule has 1 aromatic heterocycles. The van der Waals surface area contributed by atoms with Crippen molar-refractivity contribution in [2.75, 3.05) is 38.2 Å². The summed E-state index contributed by atoms with van der Waals surface area (Å²) in [6.07, 6.45) is 1.59. The molecule has 0 aliphatic heterocycles. The van der Waals surface area contributed by atoms with Crippen LogP contribution in [0.1, 0.15) is 12.5 Å². The standard InChI is InChI=1S/C22H26N4O2S/c1-5-26-21-14-18(28-13-12-25(2)3)10-11-19(21)20(15-23)22(26)16-6-8-17(9-7-16)24-29(4)27/h6-11,14,24H,5,12-13H2,1-4H3. The summed E-state index contributed by atoms with van der Waals surface area (Å²) in [5, 5.41) is 10.8. The van der Waals surface area contributed by atoms with E-state index in [2.05, 4.69) is 27.2 Å². The molecule has 0 aliphatic carbocycles. The minimum Gasteiger partial charge on any atom is -0.492 e. The summed E-state index contributed by atoms with van der Waals surface area (Å²) in [5.74, 6) is 0.799. The molecule has 3 rings (SSSR count). The number of fused-ring (bicyclic) bond motifs is 1. The maximum atomic E-state index is 11.4. The molecule has 6 nitrogen and oxygen atoms in total. The number of nitrogens with one attached hydrogen (secondary N) is 1. The summed E-state index contributed by atoms with van der Waals surface area (Å²) < 4.78 is 22.3. The number of likely N-dealkylation sites (N-methyl/N-ethyl adjacent to an activating group) is 1. The highest BCUT2D eigenvalue weighted by Gasteiger charge is 2.18. The number of ether oxygens (including phenoxy) is 1. The molecule has 29 heavy (non-hydrogen) atoms. The smallest absolute Gasteiger partial charge is 0.121 e. The van der Waals surface area contributed by atoms with Crippen LogP contribution in [0.5, 0.6) is 5.75 Å². The fraction of sp³-hybridized carbons (Fsp3) is 0.318. The Morgan fingerprint density at radius 3 is 2.52 bits per heavy atom. The lowest BCUT2D eigenvalue weighted by Crippen LogP contribution is -2.19. The largest absolute Gasteiger partial charge is 0.492 e. The van der Waals surface area contributed by atoms with Gasteiger partial charge in [-0.05, 0) is 50.8 Å². The molecule has 1 N–H and O–H groups in total. The average Bonchev–Trinajstić information content (AvgIpc) is 3.00. The minimum absolute atomic E-state index is 0.608. The van der Waals surface area contributed by atoms with Crippen LogP contribution in [0.15, 0.2) is 42.5 Å². The Kier molecular flexibility index (Phi) is 6.57. The molecule has 0 saturated heterocycles. The van der Waals surface area contributed by atoms with Crippen LogP contribution >= 0.6 is 0 Å². The molecule has 0 radical (unpaired) electrons. The molecule has 0 fully saturated rings. The van der Waals surface area contributed by atoms with Crippen molar-refractivity contribution >= 4 is 27.6 Å². The molecule has 0 aliphatic rings. The number of anilines is 1. The number of aromatic nitrogens is 1. The lowest BCUT2D eigenvalue weighted by Gasteiger charge is -2.12. The van der Waals surface area contributed by atoms with Crippen LogP contribution in [0, 0.1) is 11.3 Å². The van der Waals surface area contributed by atoms with Crippen LogP contribution in [-0.2, 0) is 17.5 Å². The normalized spacial score (nSPS) is 12.1. The maximum Gasteiger partial charge on any atom is 0.121 e. The Hall–Kier alpha value is -2.82. The number of hydrogen-bond acceptors (Lipinski definition) is 4. The number of nitrogens with zero attached hydrogens (tertiary/aromatic N) is 3. The number of hydrogen-bond donors (Lipinski definition) is 1. The van der Waals surface area contributed by atoms with Crippen molar-refractivity contribution in [2.45, 2.75) is 13.5 Å². The summed E-state index contributed by atoms with van der Waals surface area (Å²) in [4.78, 5) is 2.08. The molecule has 0 saturated carbocycles. The van der Waals surface area contributed by atoms with Gasteiger partial charge in [-0.2, -0.15) is 5.26 Å². The van der Waals surface area contributed by atoms with Gasteiger partial charge in [-0.3, -0.25) is 0 Å². The van der Waals surface area contributed by atoms with Gasteiger partial charge < -0.3 is 18.9 Å². The molecule has 3 aromatic rings. The van der Waals surface area contributed by atoms with Crippen molar-refractivity contribution in [3.8, 4) is 23.1 Å². The first-order chi connectivity index (χ1) is 13.9. The zero-order valence-corrected chi connectivity index (χ0v) is 18.0. The van der Waals surface area contributed by atoms with E-state index in [1.807, 2.05) is 56.6 Å². The van der Waals surface area contributed by atoms with Crippen molar-refractivity contribution in [2.24, 2.45) is 0 Å². The van der Waals surface area contributed by atoms with Crippen LogP contribution in [0.2, 0.25) is 0 Å². The van der Waals surface area contributed by atoms with Gasteiger partial charge in [0.15, 0.2) is 0 Å². The Labute approximate surface area is 174 Å². The third kappa shape index (κ3) is 4.61. The monoisotopic (exact) mass is 410 g/mol. The van der Waals surface area contributed by atoms with E-state index in [-0.39, 0.29) is 0 Å². The lowest BCUT2D eigenvalue weighted by molar-refractivity contribution is 0.261. The first kappa shape index (κ1) is 20.9. The van der Waals surface area contributed by atoms with Gasteiger partial charge in [-0.15, -0.1) is 0 Å². The molecule has 7 heteroatoms. The third-order valence-electron chi connectivity index (χ3n) is 4.69. The molecule has 1 atom stereocenters. The van der Waals surface area contributed by atoms with E-state index < -0.39 is 11.0 Å². The fourth-order valence-electron chi connectivity index (χ4n) is 3.37. The molecule has 1 unspecified atom stereocenters. The van der Waals surface area contributed by atoms with Crippen LogP contribution in [-0.4, -0.2) is 47.2 Å². The minimum atomic E-state index is -1.13. The summed E-state index contributed by atoms with van der Waals surface area (Å²) in [6.45, 7) is 4.24. The van der Waals surface area contributed by atoms with Crippen LogP contribution in [0.4, 0.5) is 5.69 Å². The van der Waals surface area contributed by atoms with Gasteiger partial charge in [0, 0.05) is 36.5 Å². The maximum absolute atomic E-state index is 11.4. The highest BCUT2D eigenvalue weighted by molar-refractivity contribution is 7.85. The second-order valence-electron chi connectivity index (χ2n) is 7.04. The van der Waals surface area contributed by atoms with Crippen molar-refractivity contribution < 1.29 is 8.95 Å². The Morgan fingerprint density at radius 2 is 1.93 bits per heavy atom. The Bertz CT molecular complexity index is 1070. The van der Waals surface area contributed by atoms with E-state index in [0.29, 0.717) is 12.2 Å². The van der Waals surface area contributed by atoms with Gasteiger partial charge >= 0.3 is 0 Å². The fourth-order valence-corrected chi connectivity index (χ4v) is 3.84. The van der Waals surface area contributed by atoms with Gasteiger partial charge in [0.2, 0.25) is 0 Å². The van der Waals surface area contributed by atoms with Gasteiger partial charge in [0.1, 0.15) is 29.4 Å². The van der Waals surface area contributed by atoms with Crippen molar-refractivity contribution in [1.29, 1.82) is 5.26 Å². The molecular weight excluding hydrogens is 384 g/mol. The second-order valence-corrected chi connectivity index (χ2v) is 8.16. The lowest BCUT2D eigenvalue weighted by atomic mass is 10.1. The highest BCUT2D eigenvalue weighted by Crippen LogP contribution is 2.35. The van der Waals surface area contributed by atoms with Crippen molar-refractivity contribution in [3.05, 3.63) is 48.0 Å². The van der Waals surface area contributed by atoms with E-state index in [1.165, 1.54) is 0 Å². The number of benzene rings is 2. The summed E-state index contributed by atoms with van der Waals surface area (Å²) in [5.41, 5.74) is 4.25. The summed E-state index contributed by atoms with van der Waals surface area (Å²) in [6, 6.07) is 15.9. The molecule has 1 heterocycles. The first-order valence-electron chi connectivity index (χ1n) is 9.49. The van der Waals surface area contributed by atoms with Gasteiger partial charge in [0.05, 0.1) is 16.8 Å². The number of rotatable bonds is 8. The average molecular weight is 411 g/mol. The summed E-state index contributed by atoms with van der Waals surface area (Å²) in [7, 11) is 2.90. The molecule has 152 valence electrons. The van der Waals surface area contributed by atoms with E-state index in [0.717, 1.165) is 46.7 Å². The van der Waals surface area contributed by atoms with Crippen LogP contribution in [0.25, 0.3) is 22.2 Å². The zero-order valence-electron chi connectivity index (χ0n) is 17.2. The highest BCUT2D eigenvalue weighted by atomic mass is 32.2. The number of nitriles is 1. The van der Waals surface area contributed by atoms with Gasteiger partial charge in [-0.25, -0.2) is 4.21 Å². The molecule has 0 amide bonds. The van der Waals surface area contributed by atoms with Gasteiger partial charge in [-0.1, -0.05) is 12.1 Å². The number of aryl methyl sites for hydroxylation is 1. The third-order valence-corrected chi connectivity index (χ3v) is 5.21. The zero-order chi connectivity index (χ0) is 21.0. The topological polar surface area (TPSA) is 70.3 Å². The van der Waals surface area contributed by atoms with Crippen LogP contribution in [0.3, 0.4) is 0 Å². The predicted octanol–water partition coefficient (Wildman–Crippen LogP) is 3.85. The quantitative estimate of drug-likeness (QED) is 0.612. The SMILES string of the molecule is CCn1c(-c2ccc(NS(C)=O)cc2)c(C#N)c2ccc(OCCN(C)C)cc21. The van der Waals surface area contributed by atoms with E-state index in [1.54, 1.807) is 6.26 Å². The first-order valence-corrected chi connectivity index (χ1v) is 11.0. The molecule has 0 bridgehead atoms. The van der Waals surface area contributed by atoms with E-state index in [4.69, 9.17) is 4.74 Å². The molecule has 0 spiro atoms. The van der Waals surface area contributed by atoms with Crippen molar-refractivity contribution in [3.63, 3.8) is 0 Å². The van der Waals surface area contributed by atoms with Gasteiger partial charge in [0.25, 0.3) is 0 Å². The molecule has 2 aromatic carbocycles. The van der Waals surface area contributed by atoms with E-state index >= 15 is 0 Å². The summed E-state index contributed by atoms with van der Waals surface area (Å²) >= 11 is 0.